The maximum Gasteiger partial charge on any atom is 0.329 e. The van der Waals surface area contributed by atoms with Gasteiger partial charge in [0, 0.05) is 27.5 Å². The van der Waals surface area contributed by atoms with Gasteiger partial charge in [0.25, 0.3) is 0 Å². The Morgan fingerprint density at radius 3 is 2.58 bits per heavy atom. The number of hydrogen-bond acceptors (Lipinski definition) is 4. The SMILES string of the molecule is CC[C@H](C)NC(=O)C(=O)N/N=C\c1cc(Br)ccc1Nc1ccccc1. The molecule has 7 heteroatoms. The van der Waals surface area contributed by atoms with Gasteiger partial charge < -0.3 is 10.6 Å². The van der Waals surface area contributed by atoms with Crippen molar-refractivity contribution in [3.8, 4) is 0 Å². The molecule has 136 valence electrons. The van der Waals surface area contributed by atoms with Gasteiger partial charge in [0.1, 0.15) is 0 Å². The van der Waals surface area contributed by atoms with Crippen LogP contribution < -0.4 is 16.1 Å². The summed E-state index contributed by atoms with van der Waals surface area (Å²) in [7, 11) is 0. The lowest BCUT2D eigenvalue weighted by Crippen LogP contribution is -2.41. The second-order valence-corrected chi connectivity index (χ2v) is 6.62. The predicted molar refractivity (Wildman–Crippen MR) is 107 cm³/mol. The molecule has 0 unspecified atom stereocenters. The Morgan fingerprint density at radius 2 is 1.88 bits per heavy atom. The first-order chi connectivity index (χ1) is 12.5. The van der Waals surface area contributed by atoms with E-state index in [2.05, 4.69) is 37.1 Å². The highest BCUT2D eigenvalue weighted by molar-refractivity contribution is 9.10. The second-order valence-electron chi connectivity index (χ2n) is 5.70. The molecule has 2 rings (SSSR count). The van der Waals surface area contributed by atoms with Crippen molar-refractivity contribution in [1.82, 2.24) is 10.7 Å². The number of halogens is 1. The van der Waals surface area contributed by atoms with E-state index >= 15 is 0 Å². The number of para-hydroxylation sites is 1. The number of nitrogens with one attached hydrogen (secondary N) is 3. The minimum absolute atomic E-state index is 0.0658. The summed E-state index contributed by atoms with van der Waals surface area (Å²) < 4.78 is 0.874. The van der Waals surface area contributed by atoms with Crippen molar-refractivity contribution in [2.75, 3.05) is 5.32 Å². The smallest absolute Gasteiger partial charge is 0.329 e. The van der Waals surface area contributed by atoms with E-state index in [1.165, 1.54) is 6.21 Å². The van der Waals surface area contributed by atoms with Gasteiger partial charge in [-0.3, -0.25) is 9.59 Å². The van der Waals surface area contributed by atoms with Crippen LogP contribution in [0.1, 0.15) is 25.8 Å². The highest BCUT2D eigenvalue weighted by Gasteiger charge is 2.14. The molecular weight excluding hydrogens is 396 g/mol. The third-order valence-electron chi connectivity index (χ3n) is 3.63. The average molecular weight is 417 g/mol. The number of benzene rings is 2. The molecule has 0 heterocycles. The standard InChI is InChI=1S/C19H21BrN4O2/c1-3-13(2)22-18(25)19(26)24-21-12-14-11-15(20)9-10-17(14)23-16-7-5-4-6-8-16/h4-13,23H,3H2,1-2H3,(H,22,25)(H,24,26)/b21-12-/t13-/m0/s1. The van der Waals surface area contributed by atoms with Crippen LogP contribution in [0.4, 0.5) is 11.4 Å². The Morgan fingerprint density at radius 1 is 1.15 bits per heavy atom. The van der Waals surface area contributed by atoms with Gasteiger partial charge in [0.15, 0.2) is 0 Å². The van der Waals surface area contributed by atoms with Gasteiger partial charge >= 0.3 is 11.8 Å². The summed E-state index contributed by atoms with van der Waals surface area (Å²) in [6, 6.07) is 15.3. The van der Waals surface area contributed by atoms with E-state index in [4.69, 9.17) is 0 Å². The molecule has 0 aromatic heterocycles. The summed E-state index contributed by atoms with van der Waals surface area (Å²) in [6.07, 6.45) is 2.24. The molecule has 1 atom stereocenters. The molecule has 0 aliphatic rings. The van der Waals surface area contributed by atoms with Crippen LogP contribution in [-0.2, 0) is 9.59 Å². The lowest BCUT2D eigenvalue weighted by atomic mass is 10.2. The maximum atomic E-state index is 11.8. The minimum Gasteiger partial charge on any atom is -0.355 e. The molecule has 0 bridgehead atoms. The number of amides is 2. The third-order valence-corrected chi connectivity index (χ3v) is 4.13. The van der Waals surface area contributed by atoms with E-state index in [0.717, 1.165) is 27.8 Å². The van der Waals surface area contributed by atoms with Crippen LogP contribution in [0.25, 0.3) is 0 Å². The molecule has 0 saturated carbocycles. The van der Waals surface area contributed by atoms with Gasteiger partial charge in [0.05, 0.1) is 6.21 Å². The Labute approximate surface area is 161 Å². The van der Waals surface area contributed by atoms with Crippen molar-refractivity contribution >= 4 is 45.3 Å². The molecule has 6 nitrogen and oxygen atoms in total. The summed E-state index contributed by atoms with van der Waals surface area (Å²) >= 11 is 3.42. The van der Waals surface area contributed by atoms with Gasteiger partial charge in [-0.15, -0.1) is 0 Å². The quantitative estimate of drug-likeness (QED) is 0.382. The topological polar surface area (TPSA) is 82.6 Å². The largest absolute Gasteiger partial charge is 0.355 e. The van der Waals surface area contributed by atoms with Gasteiger partial charge in [-0.25, -0.2) is 5.43 Å². The van der Waals surface area contributed by atoms with Crippen LogP contribution in [0.3, 0.4) is 0 Å². The Kier molecular flexibility index (Phi) is 7.35. The van der Waals surface area contributed by atoms with Crippen molar-refractivity contribution in [3.05, 3.63) is 58.6 Å². The van der Waals surface area contributed by atoms with E-state index in [0.29, 0.717) is 0 Å². The monoisotopic (exact) mass is 416 g/mol. The number of anilines is 2. The summed E-state index contributed by atoms with van der Waals surface area (Å²) in [4.78, 5) is 23.5. The van der Waals surface area contributed by atoms with E-state index in [1.807, 2.05) is 62.4 Å². The minimum atomic E-state index is -0.797. The first kappa shape index (κ1) is 19.7. The fraction of sp³-hybridized carbons (Fsp3) is 0.211. The van der Waals surface area contributed by atoms with Gasteiger partial charge in [0.2, 0.25) is 0 Å². The molecule has 0 spiro atoms. The number of hydrogen-bond donors (Lipinski definition) is 3. The molecule has 3 N–H and O–H groups in total. The molecule has 0 saturated heterocycles. The number of rotatable bonds is 6. The lowest BCUT2D eigenvalue weighted by Gasteiger charge is -2.10. The van der Waals surface area contributed by atoms with Crippen molar-refractivity contribution < 1.29 is 9.59 Å². The van der Waals surface area contributed by atoms with Crippen LogP contribution >= 0.6 is 15.9 Å². The fourth-order valence-electron chi connectivity index (χ4n) is 2.03. The van der Waals surface area contributed by atoms with Crippen LogP contribution in [-0.4, -0.2) is 24.1 Å². The molecule has 2 amide bonds. The molecule has 0 fully saturated rings. The van der Waals surface area contributed by atoms with Gasteiger partial charge in [-0.1, -0.05) is 41.1 Å². The number of hydrazone groups is 1. The number of nitrogens with zero attached hydrogens (tertiary/aromatic N) is 1. The van der Waals surface area contributed by atoms with Gasteiger partial charge in [-0.2, -0.15) is 5.10 Å². The van der Waals surface area contributed by atoms with Crippen molar-refractivity contribution in [3.63, 3.8) is 0 Å². The molecule has 0 aliphatic heterocycles. The van der Waals surface area contributed by atoms with Crippen molar-refractivity contribution in [2.45, 2.75) is 26.3 Å². The molecule has 2 aromatic carbocycles. The Bertz CT molecular complexity index is 793. The summed E-state index contributed by atoms with van der Waals surface area (Å²) in [5.74, 6) is -1.50. The molecular formula is C19H21BrN4O2. The Balaban J connectivity index is 2.06. The summed E-state index contributed by atoms with van der Waals surface area (Å²) in [6.45, 7) is 3.76. The zero-order chi connectivity index (χ0) is 18.9. The summed E-state index contributed by atoms with van der Waals surface area (Å²) in [5, 5.41) is 9.77. The van der Waals surface area contributed by atoms with Gasteiger partial charge in [-0.05, 0) is 43.7 Å². The first-order valence-electron chi connectivity index (χ1n) is 8.25. The van der Waals surface area contributed by atoms with Crippen LogP contribution in [0.2, 0.25) is 0 Å². The Hall–Kier alpha value is -2.67. The first-order valence-corrected chi connectivity index (χ1v) is 9.04. The van der Waals surface area contributed by atoms with Crippen molar-refractivity contribution in [2.24, 2.45) is 5.10 Å². The molecule has 26 heavy (non-hydrogen) atoms. The van der Waals surface area contributed by atoms with Crippen LogP contribution in [0.15, 0.2) is 58.1 Å². The van der Waals surface area contributed by atoms with Crippen LogP contribution in [0, 0.1) is 0 Å². The van der Waals surface area contributed by atoms with E-state index in [1.54, 1.807) is 0 Å². The third kappa shape index (κ3) is 6.00. The second kappa shape index (κ2) is 9.72. The zero-order valence-corrected chi connectivity index (χ0v) is 16.2. The van der Waals surface area contributed by atoms with E-state index < -0.39 is 11.8 Å². The fourth-order valence-corrected chi connectivity index (χ4v) is 2.41. The zero-order valence-electron chi connectivity index (χ0n) is 14.6. The van der Waals surface area contributed by atoms with E-state index in [-0.39, 0.29) is 6.04 Å². The molecule has 2 aromatic rings. The highest BCUT2D eigenvalue weighted by Crippen LogP contribution is 2.23. The number of carbonyl (C=O) groups is 2. The average Bonchev–Trinajstić information content (AvgIpc) is 2.64. The van der Waals surface area contributed by atoms with Crippen molar-refractivity contribution in [1.29, 1.82) is 0 Å². The highest BCUT2D eigenvalue weighted by atomic mass is 79.9. The molecule has 0 aliphatic carbocycles. The predicted octanol–water partition coefficient (Wildman–Crippen LogP) is 3.56. The lowest BCUT2D eigenvalue weighted by molar-refractivity contribution is -0.139. The number of carbonyl (C=O) groups excluding carboxylic acids is 2. The molecule has 0 radical (unpaired) electrons. The summed E-state index contributed by atoms with van der Waals surface area (Å²) in [5.41, 5.74) is 4.75. The van der Waals surface area contributed by atoms with E-state index in [9.17, 15) is 9.59 Å². The van der Waals surface area contributed by atoms with Crippen LogP contribution in [0.5, 0.6) is 0 Å². The maximum absolute atomic E-state index is 11.8. The normalized spacial score (nSPS) is 11.8.